The molecule has 3 nitrogen and oxygen atoms in total. The van der Waals surface area contributed by atoms with E-state index >= 15 is 0 Å². The molecule has 0 aliphatic carbocycles. The molecule has 0 saturated heterocycles. The van der Waals surface area contributed by atoms with Crippen molar-refractivity contribution in [2.24, 2.45) is 7.05 Å². The Hall–Kier alpha value is -1.97. The summed E-state index contributed by atoms with van der Waals surface area (Å²) in [6.07, 6.45) is 1.24. The number of halogens is 1. The second-order valence-electron chi connectivity index (χ2n) is 5.07. The predicted molar refractivity (Wildman–Crippen MR) is 77.5 cm³/mol. The van der Waals surface area contributed by atoms with Crippen molar-refractivity contribution in [3.05, 3.63) is 62.6 Å². The highest BCUT2D eigenvalue weighted by atomic mass is 19.1. The van der Waals surface area contributed by atoms with E-state index in [1.54, 1.807) is 17.7 Å². The minimum atomic E-state index is -0.457. The molecular weight excluding hydrogens is 255 g/mol. The summed E-state index contributed by atoms with van der Waals surface area (Å²) in [6, 6.07) is 4.83. The van der Waals surface area contributed by atoms with Crippen LogP contribution in [0.1, 0.15) is 35.0 Å². The van der Waals surface area contributed by atoms with Crippen molar-refractivity contribution < 1.29 is 4.39 Å². The number of aryl methyl sites for hydroxylation is 2. The first-order valence-corrected chi connectivity index (χ1v) is 6.74. The van der Waals surface area contributed by atoms with E-state index in [1.165, 1.54) is 6.07 Å². The molecule has 0 radical (unpaired) electrons. The van der Waals surface area contributed by atoms with Crippen LogP contribution < -0.4 is 5.56 Å². The Kier molecular flexibility index (Phi) is 4.02. The molecule has 0 amide bonds. The predicted octanol–water partition coefficient (Wildman–Crippen LogP) is 2.69. The summed E-state index contributed by atoms with van der Waals surface area (Å²) in [6.45, 7) is 5.88. The molecule has 0 atom stereocenters. The van der Waals surface area contributed by atoms with Gasteiger partial charge in [0, 0.05) is 30.9 Å². The Morgan fingerprint density at radius 1 is 1.30 bits per heavy atom. The molecule has 0 aliphatic heterocycles. The van der Waals surface area contributed by atoms with Gasteiger partial charge in [0.25, 0.3) is 0 Å². The maximum atomic E-state index is 13.6. The topological polar surface area (TPSA) is 34.9 Å². The van der Waals surface area contributed by atoms with Crippen LogP contribution in [0.15, 0.2) is 23.0 Å². The lowest BCUT2D eigenvalue weighted by atomic mass is 9.99. The minimum absolute atomic E-state index is 0.0477. The summed E-state index contributed by atoms with van der Waals surface area (Å²) in [5.74, 6) is -0.457. The number of nitrogens with zero attached hydrogens (tertiary/aromatic N) is 2. The molecule has 0 spiro atoms. The van der Waals surface area contributed by atoms with Crippen molar-refractivity contribution in [2.45, 2.75) is 33.6 Å². The van der Waals surface area contributed by atoms with E-state index in [2.05, 4.69) is 4.98 Å². The second-order valence-corrected chi connectivity index (χ2v) is 5.07. The molecule has 0 fully saturated rings. The lowest BCUT2D eigenvalue weighted by Crippen LogP contribution is -2.21. The third kappa shape index (κ3) is 2.64. The summed E-state index contributed by atoms with van der Waals surface area (Å²) in [4.78, 5) is 15.7. The Morgan fingerprint density at radius 2 is 2.00 bits per heavy atom. The first kappa shape index (κ1) is 14.4. The van der Waals surface area contributed by atoms with Crippen molar-refractivity contribution in [3.63, 3.8) is 0 Å². The number of pyridine rings is 2. The normalized spacial score (nSPS) is 10.8. The van der Waals surface area contributed by atoms with Gasteiger partial charge in [-0.3, -0.25) is 4.79 Å². The van der Waals surface area contributed by atoms with Crippen molar-refractivity contribution in [1.29, 1.82) is 0 Å². The average Bonchev–Trinajstić information content (AvgIpc) is 2.42. The Morgan fingerprint density at radius 3 is 2.65 bits per heavy atom. The number of hydrogen-bond donors (Lipinski definition) is 0. The SMILES string of the molecule is CCc1nc(F)cc(Cc2c(C)ccc(=O)n2C)c1C. The molecule has 2 rings (SSSR count). The molecule has 0 unspecified atom stereocenters. The monoisotopic (exact) mass is 274 g/mol. The molecule has 4 heteroatoms. The van der Waals surface area contributed by atoms with Gasteiger partial charge in [-0.1, -0.05) is 13.0 Å². The summed E-state index contributed by atoms with van der Waals surface area (Å²) in [5, 5.41) is 0. The molecule has 2 heterocycles. The van der Waals surface area contributed by atoms with Gasteiger partial charge in [0.2, 0.25) is 11.5 Å². The highest BCUT2D eigenvalue weighted by Gasteiger charge is 2.11. The smallest absolute Gasteiger partial charge is 0.250 e. The van der Waals surface area contributed by atoms with Crippen molar-refractivity contribution in [3.8, 4) is 0 Å². The first-order chi connectivity index (χ1) is 9.43. The zero-order valence-corrected chi connectivity index (χ0v) is 12.3. The quantitative estimate of drug-likeness (QED) is 0.807. The maximum absolute atomic E-state index is 13.6. The van der Waals surface area contributed by atoms with Gasteiger partial charge in [-0.2, -0.15) is 4.39 Å². The third-order valence-electron chi connectivity index (χ3n) is 3.81. The molecule has 0 bridgehead atoms. The number of rotatable bonds is 3. The van der Waals surface area contributed by atoms with Crippen LogP contribution in [0.4, 0.5) is 4.39 Å². The van der Waals surface area contributed by atoms with Crippen molar-refractivity contribution in [1.82, 2.24) is 9.55 Å². The van der Waals surface area contributed by atoms with Gasteiger partial charge < -0.3 is 4.57 Å². The lowest BCUT2D eigenvalue weighted by molar-refractivity contribution is 0.573. The Bertz CT molecular complexity index is 704. The fourth-order valence-corrected chi connectivity index (χ4v) is 2.45. The van der Waals surface area contributed by atoms with E-state index < -0.39 is 5.95 Å². The zero-order chi connectivity index (χ0) is 14.9. The Balaban J connectivity index is 2.53. The second kappa shape index (κ2) is 5.57. The third-order valence-corrected chi connectivity index (χ3v) is 3.81. The van der Waals surface area contributed by atoms with Crippen LogP contribution in [0.2, 0.25) is 0 Å². The van der Waals surface area contributed by atoms with E-state index in [1.807, 2.05) is 26.8 Å². The summed E-state index contributed by atoms with van der Waals surface area (Å²) in [7, 11) is 1.75. The molecule has 0 aliphatic rings. The van der Waals surface area contributed by atoms with Crippen LogP contribution in [0.25, 0.3) is 0 Å². The van der Waals surface area contributed by atoms with E-state index in [0.29, 0.717) is 12.8 Å². The van der Waals surface area contributed by atoms with Crippen molar-refractivity contribution in [2.75, 3.05) is 0 Å². The fourth-order valence-electron chi connectivity index (χ4n) is 2.45. The largest absolute Gasteiger partial charge is 0.315 e. The van der Waals surface area contributed by atoms with Gasteiger partial charge >= 0.3 is 0 Å². The minimum Gasteiger partial charge on any atom is -0.315 e. The maximum Gasteiger partial charge on any atom is 0.250 e. The molecule has 0 N–H and O–H groups in total. The summed E-state index contributed by atoms with van der Waals surface area (Å²) in [5.41, 5.74) is 4.56. The van der Waals surface area contributed by atoms with E-state index in [0.717, 1.165) is 28.1 Å². The zero-order valence-electron chi connectivity index (χ0n) is 12.3. The number of hydrogen-bond acceptors (Lipinski definition) is 2. The first-order valence-electron chi connectivity index (χ1n) is 6.74. The van der Waals surface area contributed by atoms with Crippen LogP contribution in [-0.2, 0) is 19.9 Å². The van der Waals surface area contributed by atoms with Gasteiger partial charge in [-0.05, 0) is 43.0 Å². The molecule has 2 aromatic heterocycles. The van der Waals surface area contributed by atoms with E-state index in [4.69, 9.17) is 0 Å². The number of aromatic nitrogens is 2. The highest BCUT2D eigenvalue weighted by molar-refractivity contribution is 5.34. The average molecular weight is 274 g/mol. The lowest BCUT2D eigenvalue weighted by Gasteiger charge is -2.14. The van der Waals surface area contributed by atoms with Crippen LogP contribution in [-0.4, -0.2) is 9.55 Å². The Labute approximate surface area is 118 Å². The summed E-state index contributed by atoms with van der Waals surface area (Å²) >= 11 is 0. The fraction of sp³-hybridized carbons (Fsp3) is 0.375. The highest BCUT2D eigenvalue weighted by Crippen LogP contribution is 2.19. The van der Waals surface area contributed by atoms with Gasteiger partial charge in [0.15, 0.2) is 0 Å². The molecule has 0 saturated carbocycles. The molecular formula is C16H19FN2O. The molecule has 2 aromatic rings. The van der Waals surface area contributed by atoms with Gasteiger partial charge in [-0.15, -0.1) is 0 Å². The van der Waals surface area contributed by atoms with Crippen LogP contribution in [0.5, 0.6) is 0 Å². The molecule has 106 valence electrons. The van der Waals surface area contributed by atoms with Crippen LogP contribution >= 0.6 is 0 Å². The van der Waals surface area contributed by atoms with Crippen molar-refractivity contribution >= 4 is 0 Å². The van der Waals surface area contributed by atoms with Gasteiger partial charge in [-0.25, -0.2) is 4.98 Å². The molecule has 20 heavy (non-hydrogen) atoms. The van der Waals surface area contributed by atoms with Gasteiger partial charge in [0.05, 0.1) is 0 Å². The summed E-state index contributed by atoms with van der Waals surface area (Å²) < 4.78 is 15.2. The van der Waals surface area contributed by atoms with E-state index in [-0.39, 0.29) is 5.56 Å². The van der Waals surface area contributed by atoms with E-state index in [9.17, 15) is 9.18 Å². The van der Waals surface area contributed by atoms with Crippen LogP contribution in [0, 0.1) is 19.8 Å². The standard InChI is InChI=1S/C16H19FN2O/c1-5-13-11(3)12(9-15(17)18-13)8-14-10(2)6-7-16(20)19(14)4/h6-7,9H,5,8H2,1-4H3. The van der Waals surface area contributed by atoms with Gasteiger partial charge in [0.1, 0.15) is 0 Å². The van der Waals surface area contributed by atoms with Crippen LogP contribution in [0.3, 0.4) is 0 Å². The molecule has 0 aromatic carbocycles.